The monoisotopic (exact) mass is 283 g/mol. The van der Waals surface area contributed by atoms with Crippen molar-refractivity contribution in [2.45, 2.75) is 30.3 Å². The van der Waals surface area contributed by atoms with Gasteiger partial charge in [-0.3, -0.25) is 4.79 Å². The van der Waals surface area contributed by atoms with Gasteiger partial charge in [0.2, 0.25) is 5.91 Å². The first-order chi connectivity index (χ1) is 9.15. The smallest absolute Gasteiger partial charge is 0.223 e. The summed E-state index contributed by atoms with van der Waals surface area (Å²) in [6.45, 7) is 1.21. The lowest BCUT2D eigenvalue weighted by atomic mass is 10.1. The quantitative estimate of drug-likeness (QED) is 0.862. The van der Waals surface area contributed by atoms with E-state index in [1.807, 2.05) is 0 Å². The zero-order chi connectivity index (χ0) is 13.7. The second-order valence-corrected chi connectivity index (χ2v) is 5.86. The number of thioether (sulfide) groups is 1. The molecular weight excluding hydrogens is 265 g/mol. The van der Waals surface area contributed by atoms with E-state index in [1.54, 1.807) is 28.8 Å². The van der Waals surface area contributed by atoms with E-state index in [0.717, 1.165) is 24.3 Å². The van der Waals surface area contributed by atoms with Gasteiger partial charge in [0.15, 0.2) is 0 Å². The number of carbonyl (C=O) groups is 1. The van der Waals surface area contributed by atoms with E-state index in [9.17, 15) is 14.3 Å². The Morgan fingerprint density at radius 1 is 1.42 bits per heavy atom. The topological polar surface area (TPSA) is 40.5 Å². The predicted octanol–water partition coefficient (Wildman–Crippen LogP) is 2.29. The van der Waals surface area contributed by atoms with Gasteiger partial charge in [-0.2, -0.15) is 0 Å². The second-order valence-electron chi connectivity index (χ2n) is 4.69. The Morgan fingerprint density at radius 3 is 2.84 bits per heavy atom. The molecule has 1 aliphatic rings. The zero-order valence-electron chi connectivity index (χ0n) is 10.7. The summed E-state index contributed by atoms with van der Waals surface area (Å²) in [7, 11) is 0. The molecule has 1 aliphatic heterocycles. The van der Waals surface area contributed by atoms with Crippen LogP contribution in [0.25, 0.3) is 0 Å². The van der Waals surface area contributed by atoms with Crippen LogP contribution in [-0.2, 0) is 4.79 Å². The van der Waals surface area contributed by atoms with Gasteiger partial charge in [-0.1, -0.05) is 0 Å². The van der Waals surface area contributed by atoms with Gasteiger partial charge in [-0.05, 0) is 37.1 Å². The van der Waals surface area contributed by atoms with Crippen molar-refractivity contribution in [2.24, 2.45) is 0 Å². The number of hydrogen-bond donors (Lipinski definition) is 1. The molecule has 5 heteroatoms. The maximum atomic E-state index is 12.7. The fraction of sp³-hybridized carbons (Fsp3) is 0.500. The van der Waals surface area contributed by atoms with Gasteiger partial charge in [-0.25, -0.2) is 4.39 Å². The van der Waals surface area contributed by atoms with Crippen LogP contribution in [0.1, 0.15) is 19.3 Å². The number of hydrogen-bond acceptors (Lipinski definition) is 3. The Kier molecular flexibility index (Phi) is 5.22. The van der Waals surface area contributed by atoms with Crippen LogP contribution in [0.2, 0.25) is 0 Å². The summed E-state index contributed by atoms with van der Waals surface area (Å²) in [4.78, 5) is 14.6. The molecule has 0 aliphatic carbocycles. The fourth-order valence-corrected chi connectivity index (χ4v) is 2.97. The normalized spacial score (nSPS) is 19.5. The van der Waals surface area contributed by atoms with Gasteiger partial charge >= 0.3 is 0 Å². The summed E-state index contributed by atoms with van der Waals surface area (Å²) in [6.07, 6.45) is 1.74. The molecule has 1 heterocycles. The number of carbonyl (C=O) groups excluding carboxylic acids is 1. The molecule has 0 radical (unpaired) electrons. The van der Waals surface area contributed by atoms with Gasteiger partial charge in [0.1, 0.15) is 5.82 Å². The van der Waals surface area contributed by atoms with Crippen LogP contribution in [0.4, 0.5) is 4.39 Å². The molecule has 1 aromatic rings. The van der Waals surface area contributed by atoms with E-state index in [2.05, 4.69) is 0 Å². The van der Waals surface area contributed by atoms with E-state index in [1.165, 1.54) is 12.1 Å². The number of amides is 1. The number of aliphatic hydroxyl groups is 1. The SMILES string of the molecule is O=C(CCSc1ccc(F)cc1)N1CCCC(O)C1. The van der Waals surface area contributed by atoms with E-state index >= 15 is 0 Å². The van der Waals surface area contributed by atoms with Crippen molar-refractivity contribution in [3.05, 3.63) is 30.1 Å². The first kappa shape index (κ1) is 14.3. The number of rotatable bonds is 4. The molecule has 0 spiro atoms. The highest BCUT2D eigenvalue weighted by atomic mass is 32.2. The van der Waals surface area contributed by atoms with E-state index < -0.39 is 0 Å². The molecule has 1 atom stereocenters. The van der Waals surface area contributed by atoms with Crippen molar-refractivity contribution >= 4 is 17.7 Å². The number of likely N-dealkylation sites (tertiary alicyclic amines) is 1. The fourth-order valence-electron chi connectivity index (χ4n) is 2.13. The summed E-state index contributed by atoms with van der Waals surface area (Å²) >= 11 is 1.55. The summed E-state index contributed by atoms with van der Waals surface area (Å²) in [5, 5.41) is 9.52. The molecule has 1 N–H and O–H groups in total. The van der Waals surface area contributed by atoms with Crippen LogP contribution in [0.5, 0.6) is 0 Å². The molecule has 1 fully saturated rings. The first-order valence-electron chi connectivity index (χ1n) is 6.49. The van der Waals surface area contributed by atoms with Crippen molar-refractivity contribution in [1.82, 2.24) is 4.90 Å². The molecule has 0 aromatic heterocycles. The van der Waals surface area contributed by atoms with Crippen LogP contribution in [0.15, 0.2) is 29.2 Å². The Labute approximate surface area is 116 Å². The van der Waals surface area contributed by atoms with E-state index in [0.29, 0.717) is 18.7 Å². The molecular formula is C14H18FNO2S. The number of piperidine rings is 1. The summed E-state index contributed by atoms with van der Waals surface area (Å²) in [6, 6.07) is 6.28. The lowest BCUT2D eigenvalue weighted by Crippen LogP contribution is -2.42. The Morgan fingerprint density at radius 2 is 2.16 bits per heavy atom. The molecule has 1 saturated heterocycles. The summed E-state index contributed by atoms with van der Waals surface area (Å²) in [5.74, 6) is 0.521. The Hall–Kier alpha value is -1.07. The number of aliphatic hydroxyl groups excluding tert-OH is 1. The third-order valence-electron chi connectivity index (χ3n) is 3.15. The zero-order valence-corrected chi connectivity index (χ0v) is 11.5. The van der Waals surface area contributed by atoms with Crippen LogP contribution >= 0.6 is 11.8 Å². The molecule has 3 nitrogen and oxygen atoms in total. The van der Waals surface area contributed by atoms with Crippen LogP contribution in [0, 0.1) is 5.82 Å². The lowest BCUT2D eigenvalue weighted by molar-refractivity contribution is -0.133. The summed E-state index contributed by atoms with van der Waals surface area (Å²) < 4.78 is 12.7. The Balaban J connectivity index is 1.73. The maximum absolute atomic E-state index is 12.7. The minimum absolute atomic E-state index is 0.0911. The average molecular weight is 283 g/mol. The minimum Gasteiger partial charge on any atom is -0.391 e. The van der Waals surface area contributed by atoms with E-state index in [4.69, 9.17) is 0 Å². The molecule has 2 rings (SSSR count). The first-order valence-corrected chi connectivity index (χ1v) is 7.48. The van der Waals surface area contributed by atoms with Crippen molar-refractivity contribution in [2.75, 3.05) is 18.8 Å². The molecule has 104 valence electrons. The largest absolute Gasteiger partial charge is 0.391 e. The highest BCUT2D eigenvalue weighted by molar-refractivity contribution is 7.99. The van der Waals surface area contributed by atoms with Gasteiger partial charge in [0, 0.05) is 30.2 Å². The number of benzene rings is 1. The molecule has 19 heavy (non-hydrogen) atoms. The maximum Gasteiger partial charge on any atom is 0.223 e. The van der Waals surface area contributed by atoms with Gasteiger partial charge in [0.25, 0.3) is 0 Å². The van der Waals surface area contributed by atoms with Crippen LogP contribution in [0.3, 0.4) is 0 Å². The highest BCUT2D eigenvalue weighted by Crippen LogP contribution is 2.20. The third-order valence-corrected chi connectivity index (χ3v) is 4.16. The Bertz CT molecular complexity index is 424. The predicted molar refractivity (Wildman–Crippen MR) is 73.6 cm³/mol. The standard InChI is InChI=1S/C14H18FNO2S/c15-11-3-5-13(6-4-11)19-9-7-14(18)16-8-1-2-12(17)10-16/h3-6,12,17H,1-2,7-10H2. The van der Waals surface area contributed by atoms with Crippen molar-refractivity contribution in [3.8, 4) is 0 Å². The van der Waals surface area contributed by atoms with Gasteiger partial charge in [-0.15, -0.1) is 11.8 Å². The minimum atomic E-state index is -0.373. The highest BCUT2D eigenvalue weighted by Gasteiger charge is 2.21. The average Bonchev–Trinajstić information content (AvgIpc) is 2.41. The molecule has 1 aromatic carbocycles. The van der Waals surface area contributed by atoms with E-state index in [-0.39, 0.29) is 17.8 Å². The molecule has 1 unspecified atom stereocenters. The number of β-amino-alcohol motifs (C(OH)–C–C–N with tert-alkyl or cyclic N) is 1. The third kappa shape index (κ3) is 4.51. The van der Waals surface area contributed by atoms with Crippen LogP contribution < -0.4 is 0 Å². The molecule has 0 bridgehead atoms. The summed E-state index contributed by atoms with van der Waals surface area (Å²) in [5.41, 5.74) is 0. The van der Waals surface area contributed by atoms with Crippen molar-refractivity contribution < 1.29 is 14.3 Å². The second kappa shape index (κ2) is 6.91. The van der Waals surface area contributed by atoms with Gasteiger partial charge < -0.3 is 10.0 Å². The van der Waals surface area contributed by atoms with Crippen LogP contribution in [-0.4, -0.2) is 40.9 Å². The lowest BCUT2D eigenvalue weighted by Gasteiger charge is -2.30. The van der Waals surface area contributed by atoms with Gasteiger partial charge in [0.05, 0.1) is 6.10 Å². The number of nitrogens with zero attached hydrogens (tertiary/aromatic N) is 1. The number of halogens is 1. The molecule has 1 amide bonds. The van der Waals surface area contributed by atoms with Crippen molar-refractivity contribution in [3.63, 3.8) is 0 Å². The molecule has 0 saturated carbocycles. The van der Waals surface area contributed by atoms with Crippen molar-refractivity contribution in [1.29, 1.82) is 0 Å².